The molecule has 2 amide bonds. The van der Waals surface area contributed by atoms with Gasteiger partial charge in [0.25, 0.3) is 5.91 Å². The van der Waals surface area contributed by atoms with E-state index in [1.54, 1.807) is 24.3 Å². The van der Waals surface area contributed by atoms with Crippen LogP contribution in [0.1, 0.15) is 30.5 Å². The lowest BCUT2D eigenvalue weighted by Crippen LogP contribution is -2.13. The molecule has 0 saturated heterocycles. The monoisotopic (exact) mass is 274 g/mol. The fourth-order valence-electron chi connectivity index (χ4n) is 1.63. The topological polar surface area (TPSA) is 72.2 Å². The van der Waals surface area contributed by atoms with E-state index in [0.717, 1.165) is 10.4 Å². The molecular weight excluding hydrogens is 260 g/mol. The molecule has 3 N–H and O–H groups in total. The van der Waals surface area contributed by atoms with E-state index >= 15 is 0 Å². The Hall–Kier alpha value is -2.14. The number of benzene rings is 1. The normalized spacial score (nSPS) is 10.2. The molecule has 1 aromatic carbocycles. The summed E-state index contributed by atoms with van der Waals surface area (Å²) in [7, 11) is 0. The fraction of sp³-hybridized carbons (Fsp3) is 0.143. The minimum absolute atomic E-state index is 0.178. The maximum absolute atomic E-state index is 12.0. The van der Waals surface area contributed by atoms with Crippen LogP contribution in [0.5, 0.6) is 0 Å². The molecule has 2 rings (SSSR count). The molecule has 1 heterocycles. The van der Waals surface area contributed by atoms with Gasteiger partial charge >= 0.3 is 0 Å². The molecule has 0 saturated carbocycles. The molecule has 0 bridgehead atoms. The van der Waals surface area contributed by atoms with Gasteiger partial charge in [-0.2, -0.15) is 0 Å². The molecule has 0 aliphatic heterocycles. The van der Waals surface area contributed by atoms with E-state index in [4.69, 9.17) is 5.73 Å². The molecule has 98 valence electrons. The predicted octanol–water partition coefficient (Wildman–Crippen LogP) is 2.72. The highest BCUT2D eigenvalue weighted by atomic mass is 32.1. The first-order chi connectivity index (χ1) is 8.97. The van der Waals surface area contributed by atoms with Crippen molar-refractivity contribution >= 4 is 28.8 Å². The zero-order valence-corrected chi connectivity index (χ0v) is 11.5. The molecule has 0 fully saturated rings. The zero-order chi connectivity index (χ0) is 14.0. The van der Waals surface area contributed by atoms with Gasteiger partial charge < -0.3 is 11.1 Å². The van der Waals surface area contributed by atoms with Crippen LogP contribution in [-0.2, 0) is 0 Å². The lowest BCUT2D eigenvalue weighted by atomic mass is 10.2. The number of anilines is 1. The molecule has 0 atom stereocenters. The first-order valence-electron chi connectivity index (χ1n) is 5.75. The van der Waals surface area contributed by atoms with Gasteiger partial charge in [0, 0.05) is 16.1 Å². The van der Waals surface area contributed by atoms with Gasteiger partial charge in [-0.3, -0.25) is 9.59 Å². The number of carbonyl (C=O) groups excluding carboxylic acids is 2. The van der Waals surface area contributed by atoms with Crippen molar-refractivity contribution in [1.82, 2.24) is 0 Å². The van der Waals surface area contributed by atoms with Crippen molar-refractivity contribution in [3.8, 4) is 0 Å². The minimum atomic E-state index is -0.515. The maximum Gasteiger partial charge on any atom is 0.265 e. The molecule has 0 aliphatic carbocycles. The summed E-state index contributed by atoms with van der Waals surface area (Å²) in [6.07, 6.45) is 0. The summed E-state index contributed by atoms with van der Waals surface area (Å²) in [6, 6.07) is 8.43. The van der Waals surface area contributed by atoms with Crippen LogP contribution < -0.4 is 11.1 Å². The van der Waals surface area contributed by atoms with Gasteiger partial charge in [-0.1, -0.05) is 6.07 Å². The predicted molar refractivity (Wildman–Crippen MR) is 76.7 cm³/mol. The standard InChI is InChI=1S/C14H14N2O2S/c1-8-6-12(19-9(8)2)14(18)16-11-5-3-4-10(7-11)13(15)17/h3-7H,1-2H3,(H2,15,17)(H,16,18). The summed E-state index contributed by atoms with van der Waals surface area (Å²) in [6.45, 7) is 3.95. The van der Waals surface area contributed by atoms with Crippen molar-refractivity contribution < 1.29 is 9.59 Å². The second kappa shape index (κ2) is 5.24. The second-order valence-electron chi connectivity index (χ2n) is 4.25. The Labute approximate surface area is 115 Å². The first-order valence-corrected chi connectivity index (χ1v) is 6.57. The van der Waals surface area contributed by atoms with Crippen LogP contribution in [0.3, 0.4) is 0 Å². The number of hydrogen-bond donors (Lipinski definition) is 2. The quantitative estimate of drug-likeness (QED) is 0.903. The molecule has 1 aromatic heterocycles. The molecule has 19 heavy (non-hydrogen) atoms. The van der Waals surface area contributed by atoms with Crippen LogP contribution in [0, 0.1) is 13.8 Å². The van der Waals surface area contributed by atoms with E-state index < -0.39 is 5.91 Å². The van der Waals surface area contributed by atoms with Crippen molar-refractivity contribution in [3.63, 3.8) is 0 Å². The number of amides is 2. The van der Waals surface area contributed by atoms with E-state index in [2.05, 4.69) is 5.32 Å². The van der Waals surface area contributed by atoms with E-state index in [-0.39, 0.29) is 5.91 Å². The summed E-state index contributed by atoms with van der Waals surface area (Å²) in [4.78, 5) is 24.9. The van der Waals surface area contributed by atoms with Crippen molar-refractivity contribution in [2.24, 2.45) is 5.73 Å². The number of thiophene rings is 1. The second-order valence-corrected chi connectivity index (χ2v) is 5.51. The SMILES string of the molecule is Cc1cc(C(=O)Nc2cccc(C(N)=O)c2)sc1C. The third-order valence-electron chi connectivity index (χ3n) is 2.79. The van der Waals surface area contributed by atoms with Crippen molar-refractivity contribution in [2.75, 3.05) is 5.32 Å². The van der Waals surface area contributed by atoms with E-state index in [1.165, 1.54) is 11.3 Å². The Morgan fingerprint density at radius 2 is 1.95 bits per heavy atom. The summed E-state index contributed by atoms with van der Waals surface area (Å²) >= 11 is 1.45. The van der Waals surface area contributed by atoms with Crippen LogP contribution in [0.25, 0.3) is 0 Å². The van der Waals surface area contributed by atoms with Crippen molar-refractivity contribution in [1.29, 1.82) is 0 Å². The molecule has 4 nitrogen and oxygen atoms in total. The van der Waals surface area contributed by atoms with Gasteiger partial charge in [0.15, 0.2) is 0 Å². The zero-order valence-electron chi connectivity index (χ0n) is 10.7. The van der Waals surface area contributed by atoms with Crippen LogP contribution in [0.15, 0.2) is 30.3 Å². The largest absolute Gasteiger partial charge is 0.366 e. The highest BCUT2D eigenvalue weighted by Crippen LogP contribution is 2.22. The summed E-state index contributed by atoms with van der Waals surface area (Å²) in [5.74, 6) is -0.693. The van der Waals surface area contributed by atoms with E-state index in [1.807, 2.05) is 19.9 Å². The lowest BCUT2D eigenvalue weighted by molar-refractivity contribution is 0.0996. The number of nitrogens with two attached hydrogens (primary N) is 1. The molecule has 2 aromatic rings. The average Bonchev–Trinajstić information content (AvgIpc) is 2.70. The Kier molecular flexibility index (Phi) is 3.66. The molecule has 0 spiro atoms. The Balaban J connectivity index is 2.19. The van der Waals surface area contributed by atoms with Crippen LogP contribution >= 0.6 is 11.3 Å². The van der Waals surface area contributed by atoms with Gasteiger partial charge in [-0.25, -0.2) is 0 Å². The first kappa shape index (κ1) is 13.3. The number of aryl methyl sites for hydroxylation is 2. The highest BCUT2D eigenvalue weighted by Gasteiger charge is 2.11. The van der Waals surface area contributed by atoms with Gasteiger partial charge in [-0.15, -0.1) is 11.3 Å². The molecule has 0 aliphatic rings. The number of primary amides is 1. The average molecular weight is 274 g/mol. The number of carbonyl (C=O) groups is 2. The molecular formula is C14H14N2O2S. The molecule has 0 radical (unpaired) electrons. The van der Waals surface area contributed by atoms with Gasteiger partial charge in [0.2, 0.25) is 5.91 Å². The lowest BCUT2D eigenvalue weighted by Gasteiger charge is -2.04. The Morgan fingerprint density at radius 1 is 1.21 bits per heavy atom. The third-order valence-corrected chi connectivity index (χ3v) is 3.95. The van der Waals surface area contributed by atoms with Gasteiger partial charge in [0.1, 0.15) is 0 Å². The summed E-state index contributed by atoms with van der Waals surface area (Å²) < 4.78 is 0. The number of rotatable bonds is 3. The molecule has 0 unspecified atom stereocenters. The summed E-state index contributed by atoms with van der Waals surface area (Å²) in [5.41, 5.74) is 7.23. The van der Waals surface area contributed by atoms with Crippen LogP contribution in [-0.4, -0.2) is 11.8 Å². The maximum atomic E-state index is 12.0. The minimum Gasteiger partial charge on any atom is -0.366 e. The van der Waals surface area contributed by atoms with E-state index in [9.17, 15) is 9.59 Å². The smallest absolute Gasteiger partial charge is 0.265 e. The molecule has 5 heteroatoms. The third kappa shape index (κ3) is 3.00. The van der Waals surface area contributed by atoms with Crippen LogP contribution in [0.2, 0.25) is 0 Å². The Bertz CT molecular complexity index is 627. The number of hydrogen-bond acceptors (Lipinski definition) is 3. The van der Waals surface area contributed by atoms with E-state index in [0.29, 0.717) is 16.1 Å². The van der Waals surface area contributed by atoms with Crippen molar-refractivity contribution in [3.05, 3.63) is 51.2 Å². The van der Waals surface area contributed by atoms with Crippen molar-refractivity contribution in [2.45, 2.75) is 13.8 Å². The highest BCUT2D eigenvalue weighted by molar-refractivity contribution is 7.14. The van der Waals surface area contributed by atoms with Crippen LogP contribution in [0.4, 0.5) is 5.69 Å². The Morgan fingerprint density at radius 3 is 2.53 bits per heavy atom. The fourth-order valence-corrected chi connectivity index (χ4v) is 2.56. The van der Waals surface area contributed by atoms with Gasteiger partial charge in [-0.05, 0) is 43.7 Å². The van der Waals surface area contributed by atoms with Gasteiger partial charge in [0.05, 0.1) is 4.88 Å². The summed E-state index contributed by atoms with van der Waals surface area (Å²) in [5, 5.41) is 2.76. The number of nitrogens with one attached hydrogen (secondary N) is 1.